The number of piperidine rings is 1. The normalized spacial score (nSPS) is 21.8. The minimum absolute atomic E-state index is 0.187. The number of amides is 3. The number of ether oxygens (including phenoxy) is 1. The van der Waals surface area contributed by atoms with Crippen LogP contribution in [0.4, 0.5) is 10.5 Å². The Morgan fingerprint density at radius 3 is 2.39 bits per heavy atom. The van der Waals surface area contributed by atoms with Crippen molar-refractivity contribution in [2.45, 2.75) is 59.0 Å². The second kappa shape index (κ2) is 8.63. The highest BCUT2D eigenvalue weighted by atomic mass is 16.6. The van der Waals surface area contributed by atoms with Crippen LogP contribution in [0.2, 0.25) is 0 Å². The average Bonchev–Trinajstić information content (AvgIpc) is 2.63. The van der Waals surface area contributed by atoms with E-state index in [9.17, 15) is 14.4 Å². The molecule has 7 nitrogen and oxygen atoms in total. The van der Waals surface area contributed by atoms with Crippen LogP contribution in [0, 0.1) is 13.8 Å². The summed E-state index contributed by atoms with van der Waals surface area (Å²) in [4.78, 5) is 41.0. The van der Waals surface area contributed by atoms with E-state index >= 15 is 0 Å². The summed E-state index contributed by atoms with van der Waals surface area (Å²) < 4.78 is 5.12. The van der Waals surface area contributed by atoms with Crippen molar-refractivity contribution in [3.63, 3.8) is 0 Å². The molecule has 2 unspecified atom stereocenters. The molecule has 28 heavy (non-hydrogen) atoms. The Balaban J connectivity index is 2.34. The van der Waals surface area contributed by atoms with E-state index in [1.165, 1.54) is 11.8 Å². The highest BCUT2D eigenvalue weighted by Gasteiger charge is 2.49. The number of aryl methyl sites for hydroxylation is 2. The Morgan fingerprint density at radius 2 is 1.89 bits per heavy atom. The third-order valence-electron chi connectivity index (χ3n) is 5.69. The molecule has 0 bridgehead atoms. The third-order valence-corrected chi connectivity index (χ3v) is 5.69. The van der Waals surface area contributed by atoms with Crippen molar-refractivity contribution >= 4 is 23.6 Å². The second-order valence-electron chi connectivity index (χ2n) is 7.53. The molecule has 0 aromatic heterocycles. The van der Waals surface area contributed by atoms with Crippen molar-refractivity contribution < 1.29 is 19.1 Å². The monoisotopic (exact) mass is 389 g/mol. The molecule has 7 heteroatoms. The Kier molecular flexibility index (Phi) is 6.69. The predicted octanol–water partition coefficient (Wildman–Crippen LogP) is 3.10. The van der Waals surface area contributed by atoms with Crippen molar-refractivity contribution in [3.05, 3.63) is 29.3 Å². The molecule has 1 heterocycles. The summed E-state index contributed by atoms with van der Waals surface area (Å²) in [6, 6.07) is 5.59. The molecule has 1 aromatic carbocycles. The van der Waals surface area contributed by atoms with Gasteiger partial charge in [0.1, 0.15) is 5.54 Å². The molecule has 1 aliphatic heterocycles. The van der Waals surface area contributed by atoms with Gasteiger partial charge in [-0.2, -0.15) is 0 Å². The molecule has 1 N–H and O–H groups in total. The number of nitrogens with one attached hydrogen (secondary N) is 1. The maximum Gasteiger partial charge on any atom is 0.409 e. The van der Waals surface area contributed by atoms with Crippen LogP contribution >= 0.6 is 0 Å². The number of likely N-dealkylation sites (N-methyl/N-ethyl adjacent to an activating group) is 1. The van der Waals surface area contributed by atoms with Gasteiger partial charge >= 0.3 is 6.09 Å². The lowest BCUT2D eigenvalue weighted by atomic mass is 9.81. The summed E-state index contributed by atoms with van der Waals surface area (Å²) in [7, 11) is 1.65. The van der Waals surface area contributed by atoms with Crippen LogP contribution in [-0.4, -0.2) is 59.5 Å². The molecule has 1 fully saturated rings. The zero-order valence-corrected chi connectivity index (χ0v) is 17.7. The predicted molar refractivity (Wildman–Crippen MR) is 108 cm³/mol. The van der Waals surface area contributed by atoms with Gasteiger partial charge in [-0.1, -0.05) is 18.2 Å². The minimum Gasteiger partial charge on any atom is -0.450 e. The number of hydrogen-bond donors (Lipinski definition) is 1. The van der Waals surface area contributed by atoms with E-state index in [1.54, 1.807) is 18.9 Å². The summed E-state index contributed by atoms with van der Waals surface area (Å²) in [6.45, 7) is 9.62. The largest absolute Gasteiger partial charge is 0.450 e. The van der Waals surface area contributed by atoms with E-state index in [0.29, 0.717) is 26.0 Å². The standard InChI is InChI=1S/C21H31N3O4/c1-7-28-20(27)24-12-11-21(13-16(24)4,23(6)17(5)25)19(26)22-18-14(2)9-8-10-15(18)3/h8-10,16H,7,11-13H2,1-6H3,(H,22,26). The lowest BCUT2D eigenvalue weighted by Crippen LogP contribution is -2.64. The van der Waals surface area contributed by atoms with Gasteiger partial charge in [0.2, 0.25) is 5.91 Å². The molecule has 0 radical (unpaired) electrons. The minimum atomic E-state index is -1.02. The van der Waals surface area contributed by atoms with Gasteiger partial charge in [-0.15, -0.1) is 0 Å². The van der Waals surface area contributed by atoms with Gasteiger partial charge in [-0.05, 0) is 45.2 Å². The molecule has 0 saturated carbocycles. The molecule has 3 amide bonds. The number of likely N-dealkylation sites (tertiary alicyclic amines) is 1. The third kappa shape index (κ3) is 4.13. The van der Waals surface area contributed by atoms with E-state index in [4.69, 9.17) is 4.74 Å². The quantitative estimate of drug-likeness (QED) is 0.858. The van der Waals surface area contributed by atoms with Gasteiger partial charge in [0, 0.05) is 38.7 Å². The molecular weight excluding hydrogens is 358 g/mol. The van der Waals surface area contributed by atoms with Crippen LogP contribution in [0.15, 0.2) is 18.2 Å². The molecule has 1 aromatic rings. The molecule has 0 spiro atoms. The van der Waals surface area contributed by atoms with Crippen LogP contribution < -0.4 is 5.32 Å². The second-order valence-corrected chi connectivity index (χ2v) is 7.53. The van der Waals surface area contributed by atoms with E-state index in [2.05, 4.69) is 5.32 Å². The van der Waals surface area contributed by atoms with E-state index < -0.39 is 5.54 Å². The van der Waals surface area contributed by atoms with Crippen LogP contribution in [0.1, 0.15) is 44.7 Å². The smallest absolute Gasteiger partial charge is 0.409 e. The van der Waals surface area contributed by atoms with Crippen LogP contribution in [0.25, 0.3) is 0 Å². The number of para-hydroxylation sites is 1. The molecule has 2 rings (SSSR count). The fourth-order valence-electron chi connectivity index (χ4n) is 3.91. The number of nitrogens with zero attached hydrogens (tertiary/aromatic N) is 2. The summed E-state index contributed by atoms with van der Waals surface area (Å²) in [5.41, 5.74) is 1.67. The molecule has 1 saturated heterocycles. The van der Waals surface area contributed by atoms with Crippen molar-refractivity contribution in [1.82, 2.24) is 9.80 Å². The van der Waals surface area contributed by atoms with Gasteiger partial charge in [-0.3, -0.25) is 9.59 Å². The van der Waals surface area contributed by atoms with E-state index in [1.807, 2.05) is 39.0 Å². The summed E-state index contributed by atoms with van der Waals surface area (Å²) in [5, 5.41) is 3.05. The number of carbonyl (C=O) groups excluding carboxylic acids is 3. The SMILES string of the molecule is CCOC(=O)N1CCC(C(=O)Nc2c(C)cccc2C)(N(C)C(C)=O)CC1C. The number of benzene rings is 1. The molecule has 0 aliphatic carbocycles. The van der Waals surface area contributed by atoms with Crippen molar-refractivity contribution in [2.75, 3.05) is 25.5 Å². The highest BCUT2D eigenvalue weighted by molar-refractivity contribution is 6.01. The van der Waals surface area contributed by atoms with Crippen LogP contribution in [-0.2, 0) is 14.3 Å². The molecule has 2 atom stereocenters. The van der Waals surface area contributed by atoms with E-state index in [0.717, 1.165) is 16.8 Å². The molecular formula is C21H31N3O4. The van der Waals surface area contributed by atoms with Crippen LogP contribution in [0.5, 0.6) is 0 Å². The number of carbonyl (C=O) groups is 3. The van der Waals surface area contributed by atoms with Gasteiger partial charge < -0.3 is 19.9 Å². The zero-order valence-electron chi connectivity index (χ0n) is 17.7. The lowest BCUT2D eigenvalue weighted by molar-refractivity contribution is -0.145. The first kappa shape index (κ1) is 21.7. The Labute approximate surface area is 167 Å². The fourth-order valence-corrected chi connectivity index (χ4v) is 3.91. The van der Waals surface area contributed by atoms with Crippen LogP contribution in [0.3, 0.4) is 0 Å². The number of hydrogen-bond acceptors (Lipinski definition) is 4. The maximum atomic E-state index is 13.4. The van der Waals surface area contributed by atoms with Gasteiger partial charge in [0.05, 0.1) is 6.61 Å². The fraction of sp³-hybridized carbons (Fsp3) is 0.571. The summed E-state index contributed by atoms with van der Waals surface area (Å²) >= 11 is 0. The summed E-state index contributed by atoms with van der Waals surface area (Å²) in [5.74, 6) is -0.411. The van der Waals surface area contributed by atoms with Gasteiger partial charge in [0.15, 0.2) is 0 Å². The number of anilines is 1. The topological polar surface area (TPSA) is 79.0 Å². The van der Waals surface area contributed by atoms with Gasteiger partial charge in [0.25, 0.3) is 5.91 Å². The molecule has 1 aliphatic rings. The van der Waals surface area contributed by atoms with E-state index in [-0.39, 0.29) is 23.9 Å². The zero-order chi connectivity index (χ0) is 21.1. The molecule has 154 valence electrons. The Morgan fingerprint density at radius 1 is 1.29 bits per heavy atom. The summed E-state index contributed by atoms with van der Waals surface area (Å²) in [6.07, 6.45) is 0.311. The highest BCUT2D eigenvalue weighted by Crippen LogP contribution is 2.34. The van der Waals surface area contributed by atoms with Crippen molar-refractivity contribution in [2.24, 2.45) is 0 Å². The lowest BCUT2D eigenvalue weighted by Gasteiger charge is -2.48. The van der Waals surface area contributed by atoms with Crippen molar-refractivity contribution in [1.29, 1.82) is 0 Å². The first-order valence-electron chi connectivity index (χ1n) is 9.69. The van der Waals surface area contributed by atoms with Crippen molar-refractivity contribution in [3.8, 4) is 0 Å². The first-order chi connectivity index (χ1) is 13.1. The Bertz CT molecular complexity index is 744. The first-order valence-corrected chi connectivity index (χ1v) is 9.69. The number of rotatable bonds is 4. The maximum absolute atomic E-state index is 13.4. The Hall–Kier alpha value is -2.57. The average molecular weight is 389 g/mol. The van der Waals surface area contributed by atoms with Gasteiger partial charge in [-0.25, -0.2) is 4.79 Å².